The summed E-state index contributed by atoms with van der Waals surface area (Å²) in [5.74, 6) is -0.384. The molecule has 0 radical (unpaired) electrons. The van der Waals surface area contributed by atoms with Crippen molar-refractivity contribution in [2.75, 3.05) is 27.4 Å². The van der Waals surface area contributed by atoms with E-state index < -0.39 is 17.9 Å². The Morgan fingerprint density at radius 1 is 1.03 bits per heavy atom. The van der Waals surface area contributed by atoms with Gasteiger partial charge < -0.3 is 19.5 Å². The van der Waals surface area contributed by atoms with Gasteiger partial charge in [0.15, 0.2) is 0 Å². The Bertz CT molecular complexity index is 863. The molecule has 160 valence electrons. The van der Waals surface area contributed by atoms with Gasteiger partial charge >= 0.3 is 5.97 Å². The molecule has 2 rings (SSSR count). The van der Waals surface area contributed by atoms with Crippen molar-refractivity contribution in [3.63, 3.8) is 0 Å². The predicted octanol–water partition coefficient (Wildman–Crippen LogP) is 4.39. The third-order valence-corrected chi connectivity index (χ3v) is 4.73. The molecule has 0 saturated heterocycles. The molecule has 1 atom stereocenters. The van der Waals surface area contributed by atoms with Gasteiger partial charge in [-0.2, -0.15) is 0 Å². The summed E-state index contributed by atoms with van der Waals surface area (Å²) in [6, 6.07) is 11.3. The van der Waals surface area contributed by atoms with Crippen LogP contribution in [0.3, 0.4) is 0 Å². The number of rotatable bonds is 10. The summed E-state index contributed by atoms with van der Waals surface area (Å²) >= 11 is 12.1. The fourth-order valence-electron chi connectivity index (χ4n) is 2.56. The van der Waals surface area contributed by atoms with Gasteiger partial charge in [0.1, 0.15) is 18.4 Å². The van der Waals surface area contributed by atoms with Crippen molar-refractivity contribution in [3.8, 4) is 5.75 Å². The van der Waals surface area contributed by atoms with E-state index in [2.05, 4.69) is 5.32 Å². The number of esters is 1. The predicted molar refractivity (Wildman–Crippen MR) is 117 cm³/mol. The third kappa shape index (κ3) is 7.06. The lowest BCUT2D eigenvalue weighted by Gasteiger charge is -2.16. The van der Waals surface area contributed by atoms with Crippen LogP contribution < -0.4 is 10.1 Å². The Kier molecular flexibility index (Phi) is 9.67. The number of halogens is 2. The van der Waals surface area contributed by atoms with Crippen LogP contribution in [-0.4, -0.2) is 45.4 Å². The van der Waals surface area contributed by atoms with Gasteiger partial charge in [-0.15, -0.1) is 0 Å². The zero-order valence-electron chi connectivity index (χ0n) is 16.7. The summed E-state index contributed by atoms with van der Waals surface area (Å²) in [6.45, 7) is 0.989. The Labute approximate surface area is 185 Å². The Balaban J connectivity index is 2.01. The minimum atomic E-state index is -0.886. The van der Waals surface area contributed by atoms with Crippen molar-refractivity contribution in [2.24, 2.45) is 0 Å². The second kappa shape index (κ2) is 12.2. The van der Waals surface area contributed by atoms with E-state index in [0.717, 1.165) is 11.3 Å². The van der Waals surface area contributed by atoms with Crippen molar-refractivity contribution in [3.05, 3.63) is 69.7 Å². The topological polar surface area (TPSA) is 73.9 Å². The van der Waals surface area contributed by atoms with Gasteiger partial charge in [0.05, 0.1) is 29.3 Å². The van der Waals surface area contributed by atoms with E-state index in [1.54, 1.807) is 31.4 Å². The molecule has 0 fully saturated rings. The maximum Gasteiger partial charge on any atom is 0.328 e. The third-order valence-electron chi connectivity index (χ3n) is 4.10. The van der Waals surface area contributed by atoms with E-state index in [9.17, 15) is 9.59 Å². The highest BCUT2D eigenvalue weighted by Crippen LogP contribution is 2.24. The molecule has 8 heteroatoms. The molecule has 1 amide bonds. The van der Waals surface area contributed by atoms with Gasteiger partial charge in [0.25, 0.3) is 5.91 Å². The average Bonchev–Trinajstić information content (AvgIpc) is 2.73. The monoisotopic (exact) mass is 451 g/mol. The lowest BCUT2D eigenvalue weighted by atomic mass is 10.1. The molecule has 6 nitrogen and oxygen atoms in total. The van der Waals surface area contributed by atoms with Crippen LogP contribution in [0.4, 0.5) is 0 Å². The summed E-state index contributed by atoms with van der Waals surface area (Å²) < 4.78 is 15.3. The first kappa shape index (κ1) is 23.7. The molecule has 0 aliphatic carbocycles. The number of ether oxygens (including phenoxy) is 3. The minimum Gasteiger partial charge on any atom is -0.491 e. The van der Waals surface area contributed by atoms with E-state index in [4.69, 9.17) is 37.4 Å². The lowest BCUT2D eigenvalue weighted by Crippen LogP contribution is -2.41. The van der Waals surface area contributed by atoms with Gasteiger partial charge in [0.2, 0.25) is 0 Å². The molecule has 30 heavy (non-hydrogen) atoms. The van der Waals surface area contributed by atoms with Gasteiger partial charge in [-0.05, 0) is 36.2 Å². The summed E-state index contributed by atoms with van der Waals surface area (Å²) in [6.07, 6.45) is 3.84. The molecule has 0 aromatic heterocycles. The largest absolute Gasteiger partial charge is 0.491 e. The quantitative estimate of drug-likeness (QED) is 0.428. The number of benzene rings is 2. The maximum absolute atomic E-state index is 12.6. The van der Waals surface area contributed by atoms with E-state index in [1.807, 2.05) is 30.3 Å². The van der Waals surface area contributed by atoms with Gasteiger partial charge in [0, 0.05) is 7.11 Å². The molecule has 1 N–H and O–H groups in total. The molecule has 0 bridgehead atoms. The molecule has 2 aromatic rings. The van der Waals surface area contributed by atoms with Crippen LogP contribution in [0.25, 0.3) is 6.08 Å². The van der Waals surface area contributed by atoms with E-state index in [1.165, 1.54) is 7.11 Å². The molecule has 0 aliphatic rings. The fraction of sp³-hybridized carbons (Fsp3) is 0.273. The first-order valence-corrected chi connectivity index (χ1v) is 9.93. The lowest BCUT2D eigenvalue weighted by molar-refractivity contribution is -0.142. The number of methoxy groups -OCH3 is 2. The van der Waals surface area contributed by atoms with Crippen molar-refractivity contribution >= 4 is 41.2 Å². The summed E-state index contributed by atoms with van der Waals surface area (Å²) in [7, 11) is 2.88. The molecular weight excluding hydrogens is 429 g/mol. The summed E-state index contributed by atoms with van der Waals surface area (Å²) in [5, 5.41) is 3.03. The fourth-order valence-corrected chi connectivity index (χ4v) is 3.13. The molecule has 0 saturated carbocycles. The highest BCUT2D eigenvalue weighted by atomic mass is 35.5. The average molecular weight is 452 g/mol. The molecule has 2 aromatic carbocycles. The zero-order valence-corrected chi connectivity index (χ0v) is 18.2. The number of amides is 1. The summed E-state index contributed by atoms with van der Waals surface area (Å²) in [5.41, 5.74) is 1.03. The first-order valence-electron chi connectivity index (χ1n) is 9.17. The Hall–Kier alpha value is -2.54. The number of carbonyl (C=O) groups is 2. The molecule has 0 spiro atoms. The van der Waals surface area contributed by atoms with Crippen molar-refractivity contribution < 1.29 is 23.8 Å². The van der Waals surface area contributed by atoms with Crippen molar-refractivity contribution in [2.45, 2.75) is 12.5 Å². The van der Waals surface area contributed by atoms with Gasteiger partial charge in [-0.1, -0.05) is 53.6 Å². The number of nitrogens with one attached hydrogen (secondary N) is 1. The van der Waals surface area contributed by atoms with Gasteiger partial charge in [-0.25, -0.2) is 4.79 Å². The molecule has 0 heterocycles. The second-order valence-corrected chi connectivity index (χ2v) is 7.01. The van der Waals surface area contributed by atoms with Crippen LogP contribution in [0.2, 0.25) is 10.0 Å². The highest BCUT2D eigenvalue weighted by molar-refractivity contribution is 6.39. The van der Waals surface area contributed by atoms with E-state index in [-0.39, 0.29) is 22.0 Å². The zero-order chi connectivity index (χ0) is 21.9. The van der Waals surface area contributed by atoms with Crippen molar-refractivity contribution in [1.82, 2.24) is 5.32 Å². The van der Waals surface area contributed by atoms with Crippen LogP contribution in [0.15, 0.2) is 48.5 Å². The minimum absolute atomic E-state index is 0.114. The Morgan fingerprint density at radius 2 is 1.70 bits per heavy atom. The number of carbonyl (C=O) groups excluding carboxylic acids is 2. The van der Waals surface area contributed by atoms with Crippen LogP contribution in [0, 0.1) is 0 Å². The normalized spacial score (nSPS) is 11.9. The van der Waals surface area contributed by atoms with Crippen LogP contribution >= 0.6 is 23.2 Å². The molecule has 1 unspecified atom stereocenters. The second-order valence-electron chi connectivity index (χ2n) is 6.19. The summed E-state index contributed by atoms with van der Waals surface area (Å²) in [4.78, 5) is 24.7. The first-order chi connectivity index (χ1) is 14.5. The smallest absolute Gasteiger partial charge is 0.328 e. The van der Waals surface area contributed by atoms with E-state index in [0.29, 0.717) is 13.2 Å². The Morgan fingerprint density at radius 3 is 2.30 bits per heavy atom. The standard InChI is InChI=1S/C22H23Cl2NO5/c1-28-13-14-30-16-11-9-15(10-12-16)5-3-8-19(22(27)29-2)25-21(26)20-17(23)6-4-7-18(20)24/h3-7,9-12,19H,8,13-14H2,1-2H3,(H,25,26)/b5-3+. The molecular formula is C22H23Cl2NO5. The van der Waals surface area contributed by atoms with Gasteiger partial charge in [-0.3, -0.25) is 4.79 Å². The van der Waals surface area contributed by atoms with Crippen LogP contribution in [0.1, 0.15) is 22.3 Å². The van der Waals surface area contributed by atoms with Crippen LogP contribution in [0.5, 0.6) is 5.75 Å². The van der Waals surface area contributed by atoms with Crippen LogP contribution in [-0.2, 0) is 14.3 Å². The highest BCUT2D eigenvalue weighted by Gasteiger charge is 2.23. The number of hydrogen-bond donors (Lipinski definition) is 1. The van der Waals surface area contributed by atoms with Crippen molar-refractivity contribution in [1.29, 1.82) is 0 Å². The van der Waals surface area contributed by atoms with E-state index >= 15 is 0 Å². The SMILES string of the molecule is COCCOc1ccc(/C=C/CC(NC(=O)c2c(Cl)cccc2Cl)C(=O)OC)cc1. The number of hydrogen-bond acceptors (Lipinski definition) is 5. The maximum atomic E-state index is 12.6. The molecule has 0 aliphatic heterocycles.